The number of esters is 1. The van der Waals surface area contributed by atoms with E-state index in [0.29, 0.717) is 5.75 Å². The second kappa shape index (κ2) is 6.23. The van der Waals surface area contributed by atoms with Crippen LogP contribution in [0.4, 0.5) is 0 Å². The molecule has 1 aromatic rings. The largest absolute Gasteiger partial charge is 0.507 e. The lowest BCUT2D eigenvalue weighted by Gasteiger charge is -2.02. The van der Waals surface area contributed by atoms with Gasteiger partial charge in [0, 0.05) is 10.9 Å². The highest BCUT2D eigenvalue weighted by Gasteiger charge is 2.17. The summed E-state index contributed by atoms with van der Waals surface area (Å²) in [5.41, 5.74) is 0. The second-order valence-electron chi connectivity index (χ2n) is 3.25. The van der Waals surface area contributed by atoms with Crippen LogP contribution in [-0.2, 0) is 20.4 Å². The number of ether oxygens (including phenoxy) is 1. The van der Waals surface area contributed by atoms with Crippen molar-refractivity contribution in [1.82, 2.24) is 0 Å². The number of carbonyl (C=O) groups is 1. The molecule has 0 radical (unpaired) electrons. The van der Waals surface area contributed by atoms with E-state index in [4.69, 9.17) is 0 Å². The smallest absolute Gasteiger partial charge is 0.334 e. The molecule has 4 heteroatoms. The Balaban J connectivity index is 2.61. The van der Waals surface area contributed by atoms with Crippen molar-refractivity contribution >= 4 is 16.9 Å². The summed E-state index contributed by atoms with van der Waals surface area (Å²) in [6.07, 6.45) is 3.14. The molecule has 1 aromatic carbocycles. The van der Waals surface area contributed by atoms with Crippen molar-refractivity contribution in [2.24, 2.45) is 0 Å². The second-order valence-corrected chi connectivity index (χ2v) is 5.29. The van der Waals surface area contributed by atoms with E-state index in [-0.39, 0.29) is 16.7 Å². The molecule has 0 heterocycles. The molecule has 0 amide bonds. The van der Waals surface area contributed by atoms with Crippen molar-refractivity contribution in [2.75, 3.05) is 19.1 Å². The van der Waals surface area contributed by atoms with Crippen molar-refractivity contribution < 1.29 is 14.6 Å². The quantitative estimate of drug-likeness (QED) is 0.378. The number of hydrogen-bond acceptors (Lipinski definition) is 3. The number of aliphatic hydroxyl groups is 1. The first-order valence-corrected chi connectivity index (χ1v) is 6.58. The van der Waals surface area contributed by atoms with Gasteiger partial charge in [-0.25, -0.2) is 4.79 Å². The van der Waals surface area contributed by atoms with Gasteiger partial charge >= 0.3 is 5.97 Å². The molecule has 3 nitrogen and oxygen atoms in total. The maximum atomic E-state index is 10.9. The number of carbonyl (C=O) groups excluding carboxylic acids is 1. The zero-order chi connectivity index (χ0) is 12.0. The van der Waals surface area contributed by atoms with Crippen LogP contribution in [0.25, 0.3) is 0 Å². The Bertz CT molecular complexity index is 373. The fourth-order valence-corrected chi connectivity index (χ4v) is 2.51. The molecule has 0 saturated carbocycles. The topological polar surface area (TPSA) is 46.5 Å². The molecule has 1 N–H and O–H groups in total. The van der Waals surface area contributed by atoms with Crippen LogP contribution in [0.3, 0.4) is 0 Å². The summed E-state index contributed by atoms with van der Waals surface area (Å²) in [5, 5.41) is 9.55. The molecule has 1 unspecified atom stereocenters. The monoisotopic (exact) mass is 239 g/mol. The van der Waals surface area contributed by atoms with E-state index in [1.54, 1.807) is 0 Å². The van der Waals surface area contributed by atoms with Crippen molar-refractivity contribution in [2.45, 2.75) is 4.90 Å². The van der Waals surface area contributed by atoms with E-state index in [9.17, 15) is 9.90 Å². The Labute approximate surface area is 98.1 Å². The van der Waals surface area contributed by atoms with Crippen LogP contribution in [-0.4, -0.2) is 30.2 Å². The Morgan fingerprint density at radius 2 is 2.06 bits per heavy atom. The van der Waals surface area contributed by atoms with Gasteiger partial charge in [-0.1, -0.05) is 18.2 Å². The first-order chi connectivity index (χ1) is 7.63. The summed E-state index contributed by atoms with van der Waals surface area (Å²) in [5.74, 6) is -0.0110. The Hall–Kier alpha value is -1.42. The highest BCUT2D eigenvalue weighted by Crippen LogP contribution is 2.12. The number of rotatable bonds is 4. The van der Waals surface area contributed by atoms with Crippen LogP contribution >= 0.6 is 0 Å². The third kappa shape index (κ3) is 3.98. The Kier molecular flexibility index (Phi) is 4.92. The fraction of sp³-hybridized carbons (Fsp3) is 0.250. The Morgan fingerprint density at radius 3 is 2.62 bits per heavy atom. The minimum absolute atomic E-state index is 0.0570. The van der Waals surface area contributed by atoms with Gasteiger partial charge in [-0.3, -0.25) is 0 Å². The summed E-state index contributed by atoms with van der Waals surface area (Å²) in [6, 6.07) is 9.88. The van der Waals surface area contributed by atoms with Gasteiger partial charge in [-0.15, -0.1) is 0 Å². The SMILES string of the molecule is COC(=O)/C=C(\O)C[S+](C)c1ccccc1. The molecule has 0 bridgehead atoms. The van der Waals surface area contributed by atoms with Gasteiger partial charge < -0.3 is 9.84 Å². The molecule has 0 aliphatic heterocycles. The minimum Gasteiger partial charge on any atom is -0.507 e. The molecule has 86 valence electrons. The van der Waals surface area contributed by atoms with Crippen molar-refractivity contribution in [3.05, 3.63) is 42.2 Å². The summed E-state index contributed by atoms with van der Waals surface area (Å²) in [7, 11) is 1.18. The van der Waals surface area contributed by atoms with Gasteiger partial charge in [0.05, 0.1) is 13.2 Å². The third-order valence-electron chi connectivity index (χ3n) is 2.00. The van der Waals surface area contributed by atoms with Crippen molar-refractivity contribution in [3.8, 4) is 0 Å². The van der Waals surface area contributed by atoms with Gasteiger partial charge in [-0.05, 0) is 12.1 Å². The normalized spacial score (nSPS) is 13.2. The third-order valence-corrected chi connectivity index (χ3v) is 3.80. The highest BCUT2D eigenvalue weighted by atomic mass is 32.2. The lowest BCUT2D eigenvalue weighted by atomic mass is 10.4. The predicted molar refractivity (Wildman–Crippen MR) is 65.6 cm³/mol. The van der Waals surface area contributed by atoms with Gasteiger partial charge in [0.25, 0.3) is 0 Å². The number of benzene rings is 1. The lowest BCUT2D eigenvalue weighted by molar-refractivity contribution is -0.135. The number of hydrogen-bond donors (Lipinski definition) is 1. The van der Waals surface area contributed by atoms with Gasteiger partial charge in [0.1, 0.15) is 12.0 Å². The van der Waals surface area contributed by atoms with E-state index in [1.807, 2.05) is 36.6 Å². The van der Waals surface area contributed by atoms with Crippen LogP contribution in [0.1, 0.15) is 0 Å². The molecule has 0 saturated heterocycles. The van der Waals surface area contributed by atoms with E-state index < -0.39 is 5.97 Å². The molecule has 0 aromatic heterocycles. The predicted octanol–water partition coefficient (Wildman–Crippen LogP) is 1.91. The molecular weight excluding hydrogens is 224 g/mol. The maximum Gasteiger partial charge on any atom is 0.334 e. The van der Waals surface area contributed by atoms with Crippen LogP contribution < -0.4 is 0 Å². The van der Waals surface area contributed by atoms with E-state index in [1.165, 1.54) is 7.11 Å². The van der Waals surface area contributed by atoms with Crippen LogP contribution in [0, 0.1) is 0 Å². The van der Waals surface area contributed by atoms with E-state index in [0.717, 1.165) is 11.0 Å². The molecule has 16 heavy (non-hydrogen) atoms. The average molecular weight is 239 g/mol. The molecule has 0 aliphatic carbocycles. The van der Waals surface area contributed by atoms with Crippen LogP contribution in [0.2, 0.25) is 0 Å². The molecule has 0 spiro atoms. The number of methoxy groups -OCH3 is 1. The lowest BCUT2D eigenvalue weighted by Crippen LogP contribution is -2.09. The molecule has 1 rings (SSSR count). The Morgan fingerprint density at radius 1 is 1.44 bits per heavy atom. The average Bonchev–Trinajstić information content (AvgIpc) is 2.29. The highest BCUT2D eigenvalue weighted by molar-refractivity contribution is 7.96. The van der Waals surface area contributed by atoms with E-state index in [2.05, 4.69) is 4.74 Å². The van der Waals surface area contributed by atoms with Crippen molar-refractivity contribution in [3.63, 3.8) is 0 Å². The summed E-state index contributed by atoms with van der Waals surface area (Å²) >= 11 is 0. The van der Waals surface area contributed by atoms with Crippen LogP contribution in [0.5, 0.6) is 0 Å². The van der Waals surface area contributed by atoms with Gasteiger partial charge in [0.2, 0.25) is 0 Å². The zero-order valence-electron chi connectivity index (χ0n) is 9.34. The molecule has 1 atom stereocenters. The first-order valence-electron chi connectivity index (χ1n) is 4.78. The molecular formula is C12H15O3S+. The zero-order valence-corrected chi connectivity index (χ0v) is 10.2. The first kappa shape index (κ1) is 12.6. The summed E-state index contributed by atoms with van der Waals surface area (Å²) in [6.45, 7) is 0. The molecule has 0 aliphatic rings. The summed E-state index contributed by atoms with van der Waals surface area (Å²) in [4.78, 5) is 12.0. The van der Waals surface area contributed by atoms with Crippen LogP contribution in [0.15, 0.2) is 47.1 Å². The standard InChI is InChI=1S/C12H14O3S/c1-15-12(14)8-10(13)9-16(2)11-6-4-3-5-7-11/h3-8H,9H2,1-2H3/p+1. The van der Waals surface area contributed by atoms with Gasteiger partial charge in [0.15, 0.2) is 10.6 Å². The van der Waals surface area contributed by atoms with Crippen molar-refractivity contribution in [1.29, 1.82) is 0 Å². The molecule has 0 fully saturated rings. The maximum absolute atomic E-state index is 10.9. The van der Waals surface area contributed by atoms with E-state index >= 15 is 0 Å². The minimum atomic E-state index is -0.525. The number of aliphatic hydroxyl groups excluding tert-OH is 1. The van der Waals surface area contributed by atoms with Gasteiger partial charge in [-0.2, -0.15) is 0 Å². The fourth-order valence-electron chi connectivity index (χ4n) is 1.19. The summed E-state index contributed by atoms with van der Waals surface area (Å²) < 4.78 is 4.44.